The predicted octanol–water partition coefficient (Wildman–Crippen LogP) is 3.85. The highest BCUT2D eigenvalue weighted by atomic mass is 35.5. The molecule has 0 aliphatic heterocycles. The van der Waals surface area contributed by atoms with Gasteiger partial charge in [-0.05, 0) is 68.0 Å². The molecule has 7 heteroatoms. The van der Waals surface area contributed by atoms with Gasteiger partial charge in [-0.15, -0.1) is 0 Å². The summed E-state index contributed by atoms with van der Waals surface area (Å²) in [6.45, 7) is 1.78. The molecule has 2 aromatic rings. The van der Waals surface area contributed by atoms with Crippen LogP contribution in [0.4, 0.5) is 0 Å². The lowest BCUT2D eigenvalue weighted by Crippen LogP contribution is -2.42. The Labute approximate surface area is 164 Å². The van der Waals surface area contributed by atoms with Crippen LogP contribution in [0.25, 0.3) is 11.1 Å². The molecule has 1 fully saturated rings. The summed E-state index contributed by atoms with van der Waals surface area (Å²) in [6, 6.07) is 13.4. The van der Waals surface area contributed by atoms with Gasteiger partial charge in [0.1, 0.15) is 0 Å². The number of sulfonamides is 1. The second kappa shape index (κ2) is 7.61. The van der Waals surface area contributed by atoms with Crippen molar-refractivity contribution in [2.24, 2.45) is 0 Å². The van der Waals surface area contributed by atoms with Crippen LogP contribution in [0.2, 0.25) is 5.02 Å². The maximum atomic E-state index is 12.6. The summed E-state index contributed by atoms with van der Waals surface area (Å²) in [5.74, 6) is 0. The number of nitriles is 1. The number of nitrogens with zero attached hydrogens (tertiary/aromatic N) is 1. The summed E-state index contributed by atoms with van der Waals surface area (Å²) < 4.78 is 28.0. The molecule has 0 saturated heterocycles. The van der Waals surface area contributed by atoms with Crippen molar-refractivity contribution in [3.05, 3.63) is 53.1 Å². The molecule has 0 atom stereocenters. The summed E-state index contributed by atoms with van der Waals surface area (Å²) in [5, 5.41) is 19.7. The minimum absolute atomic E-state index is 0.170. The number of aliphatic hydroxyl groups is 1. The Morgan fingerprint density at radius 1 is 1.19 bits per heavy atom. The smallest absolute Gasteiger partial charge is 0.240 e. The standard InChI is InChI=1S/C20H21ClN2O3S/c1-20(24)10-8-17(9-11-20)23-27(25,26)18-5-2-14(3-6-18)19-7-4-16(21)12-15(19)13-22/h2-7,12,17,23-24H,8-11H2,1H3/t17-,20-. The first-order valence-corrected chi connectivity index (χ1v) is 10.6. The van der Waals surface area contributed by atoms with Crippen LogP contribution in [0.1, 0.15) is 38.2 Å². The van der Waals surface area contributed by atoms with E-state index in [2.05, 4.69) is 10.8 Å². The van der Waals surface area contributed by atoms with E-state index in [9.17, 15) is 18.8 Å². The predicted molar refractivity (Wildman–Crippen MR) is 105 cm³/mol. The quantitative estimate of drug-likeness (QED) is 0.809. The Balaban J connectivity index is 1.78. The van der Waals surface area contributed by atoms with E-state index < -0.39 is 15.6 Å². The van der Waals surface area contributed by atoms with Gasteiger partial charge in [0.25, 0.3) is 0 Å². The lowest BCUT2D eigenvalue weighted by Gasteiger charge is -2.33. The van der Waals surface area contributed by atoms with Crippen molar-refractivity contribution in [2.75, 3.05) is 0 Å². The van der Waals surface area contributed by atoms with Crippen LogP contribution >= 0.6 is 11.6 Å². The summed E-state index contributed by atoms with van der Waals surface area (Å²) in [7, 11) is -3.64. The maximum absolute atomic E-state index is 12.6. The van der Waals surface area contributed by atoms with Gasteiger partial charge >= 0.3 is 0 Å². The highest BCUT2D eigenvalue weighted by Gasteiger charge is 2.31. The summed E-state index contributed by atoms with van der Waals surface area (Å²) in [4.78, 5) is 0.177. The Morgan fingerprint density at radius 2 is 1.81 bits per heavy atom. The number of benzene rings is 2. The molecule has 0 radical (unpaired) electrons. The van der Waals surface area contributed by atoms with Crippen molar-refractivity contribution in [1.82, 2.24) is 4.72 Å². The monoisotopic (exact) mass is 404 g/mol. The molecule has 2 N–H and O–H groups in total. The van der Waals surface area contributed by atoms with Crippen LogP contribution in [0, 0.1) is 11.3 Å². The fourth-order valence-corrected chi connectivity index (χ4v) is 4.80. The zero-order valence-electron chi connectivity index (χ0n) is 14.9. The molecule has 142 valence electrons. The number of halogens is 1. The van der Waals surface area contributed by atoms with Gasteiger partial charge in [0.15, 0.2) is 0 Å². The topological polar surface area (TPSA) is 90.2 Å². The van der Waals surface area contributed by atoms with E-state index in [1.807, 2.05) is 0 Å². The molecule has 1 saturated carbocycles. The minimum atomic E-state index is -3.64. The third-order valence-corrected chi connectivity index (χ3v) is 6.73. The van der Waals surface area contributed by atoms with Crippen molar-refractivity contribution in [1.29, 1.82) is 5.26 Å². The third-order valence-electron chi connectivity index (χ3n) is 4.96. The minimum Gasteiger partial charge on any atom is -0.390 e. The SMILES string of the molecule is C[C@]1(O)CC[C@H](NS(=O)(=O)c2ccc(-c3ccc(Cl)cc3C#N)cc2)CC1. The summed E-state index contributed by atoms with van der Waals surface area (Å²) in [5.41, 5.74) is 1.18. The number of nitrogens with one attached hydrogen (secondary N) is 1. The highest BCUT2D eigenvalue weighted by molar-refractivity contribution is 7.89. The van der Waals surface area contributed by atoms with Gasteiger partial charge in [-0.2, -0.15) is 5.26 Å². The van der Waals surface area contributed by atoms with E-state index in [0.29, 0.717) is 41.8 Å². The first-order valence-electron chi connectivity index (χ1n) is 8.75. The van der Waals surface area contributed by atoms with E-state index >= 15 is 0 Å². The molecule has 0 heterocycles. The zero-order valence-corrected chi connectivity index (χ0v) is 16.5. The van der Waals surface area contributed by atoms with Gasteiger partial charge in [-0.3, -0.25) is 0 Å². The van der Waals surface area contributed by atoms with Crippen molar-refractivity contribution in [2.45, 2.75) is 49.1 Å². The van der Waals surface area contributed by atoms with Gasteiger partial charge in [-0.1, -0.05) is 29.8 Å². The average Bonchev–Trinajstić information content (AvgIpc) is 2.63. The van der Waals surface area contributed by atoms with E-state index in [-0.39, 0.29) is 10.9 Å². The molecule has 3 rings (SSSR count). The van der Waals surface area contributed by atoms with Crippen molar-refractivity contribution in [3.63, 3.8) is 0 Å². The second-order valence-electron chi connectivity index (χ2n) is 7.22. The number of hydrogen-bond donors (Lipinski definition) is 2. The van der Waals surface area contributed by atoms with Gasteiger partial charge in [0.05, 0.1) is 22.1 Å². The van der Waals surface area contributed by atoms with Crippen LogP contribution < -0.4 is 4.72 Å². The first-order chi connectivity index (χ1) is 12.7. The Morgan fingerprint density at radius 3 is 2.41 bits per heavy atom. The van der Waals surface area contributed by atoms with E-state index in [1.54, 1.807) is 37.3 Å². The molecule has 27 heavy (non-hydrogen) atoms. The Kier molecular flexibility index (Phi) is 5.59. The van der Waals surface area contributed by atoms with Crippen molar-refractivity contribution >= 4 is 21.6 Å². The van der Waals surface area contributed by atoms with Gasteiger partial charge in [0.2, 0.25) is 10.0 Å². The summed E-state index contributed by atoms with van der Waals surface area (Å²) in [6.07, 6.45) is 2.38. The molecule has 0 spiro atoms. The van der Waals surface area contributed by atoms with Crippen LogP contribution in [0.3, 0.4) is 0 Å². The number of rotatable bonds is 4. The van der Waals surface area contributed by atoms with Crippen LogP contribution in [-0.4, -0.2) is 25.2 Å². The van der Waals surface area contributed by atoms with E-state index in [4.69, 9.17) is 11.6 Å². The van der Waals surface area contributed by atoms with Crippen LogP contribution in [0.5, 0.6) is 0 Å². The molecule has 0 amide bonds. The van der Waals surface area contributed by atoms with Gasteiger partial charge < -0.3 is 5.11 Å². The Hall–Kier alpha value is -1.91. The Bertz CT molecular complexity index is 969. The molecule has 1 aliphatic rings. The molecule has 5 nitrogen and oxygen atoms in total. The van der Waals surface area contributed by atoms with Gasteiger partial charge in [0, 0.05) is 11.1 Å². The van der Waals surface area contributed by atoms with Crippen LogP contribution in [-0.2, 0) is 10.0 Å². The lowest BCUT2D eigenvalue weighted by molar-refractivity contribution is 0.0163. The third kappa shape index (κ3) is 4.69. The zero-order chi connectivity index (χ0) is 19.7. The highest BCUT2D eigenvalue weighted by Crippen LogP contribution is 2.30. The van der Waals surface area contributed by atoms with Crippen LogP contribution in [0.15, 0.2) is 47.4 Å². The normalized spacial score (nSPS) is 23.0. The maximum Gasteiger partial charge on any atom is 0.240 e. The molecule has 0 unspecified atom stereocenters. The molecule has 0 aromatic heterocycles. The second-order valence-corrected chi connectivity index (χ2v) is 9.37. The van der Waals surface area contributed by atoms with Crippen molar-refractivity contribution in [3.8, 4) is 17.2 Å². The largest absolute Gasteiger partial charge is 0.390 e. The fourth-order valence-electron chi connectivity index (χ4n) is 3.32. The van der Waals surface area contributed by atoms with E-state index in [1.165, 1.54) is 12.1 Å². The molecule has 2 aromatic carbocycles. The number of hydrogen-bond acceptors (Lipinski definition) is 4. The molecule has 0 bridgehead atoms. The van der Waals surface area contributed by atoms with E-state index in [0.717, 1.165) is 5.56 Å². The van der Waals surface area contributed by atoms with Gasteiger partial charge in [-0.25, -0.2) is 13.1 Å². The fraction of sp³-hybridized carbons (Fsp3) is 0.350. The molecule has 1 aliphatic carbocycles. The molecular formula is C20H21ClN2O3S. The summed E-state index contributed by atoms with van der Waals surface area (Å²) >= 11 is 5.92. The first kappa shape index (κ1) is 19.8. The average molecular weight is 405 g/mol. The molecular weight excluding hydrogens is 384 g/mol. The lowest BCUT2D eigenvalue weighted by atomic mass is 9.84. The van der Waals surface area contributed by atoms with Crippen molar-refractivity contribution < 1.29 is 13.5 Å².